The van der Waals surface area contributed by atoms with Crippen LogP contribution >= 0.6 is 15.9 Å². The van der Waals surface area contributed by atoms with Gasteiger partial charge in [0.05, 0.1) is 6.61 Å². The van der Waals surface area contributed by atoms with Crippen LogP contribution in [-0.4, -0.2) is 33.4 Å². The zero-order chi connectivity index (χ0) is 13.4. The van der Waals surface area contributed by atoms with Gasteiger partial charge in [0.1, 0.15) is 11.6 Å². The summed E-state index contributed by atoms with van der Waals surface area (Å²) in [6.45, 7) is 2.95. The van der Waals surface area contributed by atoms with Crippen LogP contribution in [0.5, 0.6) is 0 Å². The lowest BCUT2D eigenvalue weighted by Gasteiger charge is -2.08. The van der Waals surface area contributed by atoms with Gasteiger partial charge in [0.15, 0.2) is 0 Å². The molecule has 1 rings (SSSR count). The normalized spacial score (nSPS) is 10.9. The molecule has 0 amide bonds. The van der Waals surface area contributed by atoms with Crippen molar-refractivity contribution in [1.82, 2.24) is 10.6 Å². The number of methoxy groups -OCH3 is 1. The first-order chi connectivity index (χ1) is 8.65. The molecule has 2 N–H and O–H groups in total. The third kappa shape index (κ3) is 5.39. The van der Waals surface area contributed by atoms with Crippen molar-refractivity contribution < 1.29 is 13.5 Å². The topological polar surface area (TPSA) is 33.3 Å². The average Bonchev–Trinajstić information content (AvgIpc) is 2.30. The smallest absolute Gasteiger partial charge is 0.131 e. The molecule has 0 radical (unpaired) electrons. The molecule has 6 heteroatoms. The van der Waals surface area contributed by atoms with E-state index in [1.807, 2.05) is 0 Å². The van der Waals surface area contributed by atoms with E-state index in [-0.39, 0.29) is 12.1 Å². The van der Waals surface area contributed by atoms with Crippen molar-refractivity contribution in [2.45, 2.75) is 6.54 Å². The Bertz CT molecular complexity index is 354. The molecule has 0 saturated heterocycles. The quantitative estimate of drug-likeness (QED) is 0.719. The number of halogens is 3. The van der Waals surface area contributed by atoms with Crippen molar-refractivity contribution in [1.29, 1.82) is 0 Å². The Balaban J connectivity index is 2.27. The maximum atomic E-state index is 13.4. The molecule has 0 unspecified atom stereocenters. The highest BCUT2D eigenvalue weighted by molar-refractivity contribution is 9.10. The molecule has 0 bridgehead atoms. The first-order valence-electron chi connectivity index (χ1n) is 5.69. The highest BCUT2D eigenvalue weighted by Crippen LogP contribution is 2.19. The molecule has 1 aromatic rings. The summed E-state index contributed by atoms with van der Waals surface area (Å²) in [5, 5.41) is 6.11. The lowest BCUT2D eigenvalue weighted by Crippen LogP contribution is -2.29. The van der Waals surface area contributed by atoms with Crippen molar-refractivity contribution in [3.8, 4) is 0 Å². The largest absolute Gasteiger partial charge is 0.383 e. The molecule has 0 aliphatic heterocycles. The van der Waals surface area contributed by atoms with Gasteiger partial charge >= 0.3 is 0 Å². The summed E-state index contributed by atoms with van der Waals surface area (Å²) in [5.74, 6) is -1.08. The minimum absolute atomic E-state index is 0.0649. The van der Waals surface area contributed by atoms with Gasteiger partial charge in [-0.3, -0.25) is 0 Å². The molecule has 0 aliphatic carbocycles. The highest BCUT2D eigenvalue weighted by atomic mass is 79.9. The Labute approximate surface area is 114 Å². The summed E-state index contributed by atoms with van der Waals surface area (Å²) < 4.78 is 32.2. The van der Waals surface area contributed by atoms with Gasteiger partial charge in [0.25, 0.3) is 0 Å². The van der Waals surface area contributed by atoms with E-state index in [1.165, 1.54) is 12.1 Å². The number of benzene rings is 1. The van der Waals surface area contributed by atoms with Crippen LogP contribution in [0.3, 0.4) is 0 Å². The molecule has 3 nitrogen and oxygen atoms in total. The SMILES string of the molecule is COCCNCCNCc1c(F)cc(Br)cc1F. The lowest BCUT2D eigenvalue weighted by atomic mass is 10.2. The van der Waals surface area contributed by atoms with Gasteiger partial charge in [0.2, 0.25) is 0 Å². The van der Waals surface area contributed by atoms with Crippen LogP contribution in [-0.2, 0) is 11.3 Å². The zero-order valence-electron chi connectivity index (χ0n) is 10.2. The standard InChI is InChI=1S/C12H17BrF2N2O/c1-18-5-4-16-2-3-17-8-10-11(14)6-9(13)7-12(10)15/h6-7,16-17H,2-5,8H2,1H3. The molecule has 1 aromatic carbocycles. The summed E-state index contributed by atoms with van der Waals surface area (Å²) >= 11 is 3.04. The van der Waals surface area contributed by atoms with Gasteiger partial charge in [-0.25, -0.2) is 8.78 Å². The van der Waals surface area contributed by atoms with Crippen LogP contribution in [0, 0.1) is 11.6 Å². The summed E-state index contributed by atoms with van der Waals surface area (Å²) in [7, 11) is 1.64. The molecule has 0 fully saturated rings. The van der Waals surface area contributed by atoms with Gasteiger partial charge in [-0.05, 0) is 12.1 Å². The molecule has 0 atom stereocenters. The third-order valence-electron chi connectivity index (χ3n) is 2.37. The average molecular weight is 323 g/mol. The van der Waals surface area contributed by atoms with E-state index in [0.29, 0.717) is 17.6 Å². The number of nitrogens with one attached hydrogen (secondary N) is 2. The molecular formula is C12H17BrF2N2O. The van der Waals surface area contributed by atoms with Crippen molar-refractivity contribution in [3.63, 3.8) is 0 Å². The summed E-state index contributed by atoms with van der Waals surface area (Å²) in [5.41, 5.74) is 0.0649. The van der Waals surface area contributed by atoms with Crippen molar-refractivity contribution in [2.75, 3.05) is 33.4 Å². The monoisotopic (exact) mass is 322 g/mol. The zero-order valence-corrected chi connectivity index (χ0v) is 11.8. The summed E-state index contributed by atoms with van der Waals surface area (Å²) in [4.78, 5) is 0. The first-order valence-corrected chi connectivity index (χ1v) is 6.48. The summed E-state index contributed by atoms with van der Waals surface area (Å²) in [6, 6.07) is 2.52. The predicted molar refractivity (Wildman–Crippen MR) is 70.5 cm³/mol. The second-order valence-electron chi connectivity index (χ2n) is 3.77. The highest BCUT2D eigenvalue weighted by Gasteiger charge is 2.09. The summed E-state index contributed by atoms with van der Waals surface area (Å²) in [6.07, 6.45) is 0. The Morgan fingerprint density at radius 2 is 1.72 bits per heavy atom. The molecule has 0 saturated carbocycles. The molecule has 18 heavy (non-hydrogen) atoms. The van der Waals surface area contributed by atoms with E-state index in [2.05, 4.69) is 26.6 Å². The van der Waals surface area contributed by atoms with Crippen molar-refractivity contribution in [2.24, 2.45) is 0 Å². The Morgan fingerprint density at radius 1 is 1.11 bits per heavy atom. The maximum absolute atomic E-state index is 13.4. The minimum Gasteiger partial charge on any atom is -0.383 e. The van der Waals surface area contributed by atoms with E-state index in [1.54, 1.807) is 7.11 Å². The molecule has 102 valence electrons. The lowest BCUT2D eigenvalue weighted by molar-refractivity contribution is 0.199. The first kappa shape index (κ1) is 15.5. The van der Waals surface area contributed by atoms with Gasteiger partial charge < -0.3 is 15.4 Å². The molecule has 0 spiro atoms. The van der Waals surface area contributed by atoms with E-state index in [9.17, 15) is 8.78 Å². The van der Waals surface area contributed by atoms with Crippen molar-refractivity contribution >= 4 is 15.9 Å². The van der Waals surface area contributed by atoms with Crippen LogP contribution in [0.2, 0.25) is 0 Å². The van der Waals surface area contributed by atoms with Gasteiger partial charge in [-0.2, -0.15) is 0 Å². The maximum Gasteiger partial charge on any atom is 0.131 e. The predicted octanol–water partition coefficient (Wildman–Crippen LogP) is 2.05. The fourth-order valence-electron chi connectivity index (χ4n) is 1.43. The van der Waals surface area contributed by atoms with Gasteiger partial charge in [-0.15, -0.1) is 0 Å². The van der Waals surface area contributed by atoms with E-state index >= 15 is 0 Å². The number of ether oxygens (including phenoxy) is 1. The van der Waals surface area contributed by atoms with Crippen LogP contribution < -0.4 is 10.6 Å². The fourth-order valence-corrected chi connectivity index (χ4v) is 1.83. The Hall–Kier alpha value is -0.560. The second-order valence-corrected chi connectivity index (χ2v) is 4.68. The Kier molecular flexibility index (Phi) is 7.34. The minimum atomic E-state index is -0.540. The fraction of sp³-hybridized carbons (Fsp3) is 0.500. The molecule has 0 aromatic heterocycles. The van der Waals surface area contributed by atoms with Crippen LogP contribution in [0.15, 0.2) is 16.6 Å². The van der Waals surface area contributed by atoms with E-state index in [0.717, 1.165) is 13.1 Å². The second kappa shape index (κ2) is 8.53. The number of hydrogen-bond donors (Lipinski definition) is 2. The number of hydrogen-bond acceptors (Lipinski definition) is 3. The Morgan fingerprint density at radius 3 is 2.33 bits per heavy atom. The van der Waals surface area contributed by atoms with Gasteiger partial charge in [0, 0.05) is 43.3 Å². The third-order valence-corrected chi connectivity index (χ3v) is 2.83. The van der Waals surface area contributed by atoms with E-state index in [4.69, 9.17) is 4.74 Å². The molecule has 0 aliphatic rings. The molecule has 0 heterocycles. The number of rotatable bonds is 8. The van der Waals surface area contributed by atoms with Crippen LogP contribution in [0.25, 0.3) is 0 Å². The van der Waals surface area contributed by atoms with Gasteiger partial charge in [-0.1, -0.05) is 15.9 Å². The van der Waals surface area contributed by atoms with Crippen LogP contribution in [0.4, 0.5) is 8.78 Å². The molecular weight excluding hydrogens is 306 g/mol. The van der Waals surface area contributed by atoms with Crippen LogP contribution in [0.1, 0.15) is 5.56 Å². The van der Waals surface area contributed by atoms with Crippen molar-refractivity contribution in [3.05, 3.63) is 33.8 Å². The van der Waals surface area contributed by atoms with E-state index < -0.39 is 11.6 Å².